The van der Waals surface area contributed by atoms with Gasteiger partial charge in [0.1, 0.15) is 0 Å². The van der Waals surface area contributed by atoms with Crippen LogP contribution in [0.3, 0.4) is 0 Å². The van der Waals surface area contributed by atoms with Gasteiger partial charge in [0.2, 0.25) is 0 Å². The van der Waals surface area contributed by atoms with Crippen molar-refractivity contribution < 1.29 is 18.0 Å². The molecule has 0 unspecified atom stereocenters. The average molecular weight is 408 g/mol. The van der Waals surface area contributed by atoms with Gasteiger partial charge < -0.3 is 10.2 Å². The van der Waals surface area contributed by atoms with Crippen molar-refractivity contribution in [2.75, 3.05) is 23.4 Å². The molecule has 2 amide bonds. The molecule has 28 heavy (non-hydrogen) atoms. The molecule has 0 aliphatic carbocycles. The van der Waals surface area contributed by atoms with E-state index in [0.717, 1.165) is 40.3 Å². The summed E-state index contributed by atoms with van der Waals surface area (Å²) >= 11 is 1.64. The maximum absolute atomic E-state index is 13.1. The second-order valence-electron chi connectivity index (χ2n) is 7.11. The highest BCUT2D eigenvalue weighted by Gasteiger charge is 2.33. The number of thioether (sulfide) groups is 1. The van der Waals surface area contributed by atoms with Crippen molar-refractivity contribution in [3.63, 3.8) is 0 Å². The maximum atomic E-state index is 13.1. The van der Waals surface area contributed by atoms with E-state index in [1.165, 1.54) is 6.07 Å². The molecule has 1 atom stereocenters. The summed E-state index contributed by atoms with van der Waals surface area (Å²) < 4.78 is 39.3. The Morgan fingerprint density at radius 1 is 1.14 bits per heavy atom. The smallest absolute Gasteiger partial charge is 0.316 e. The van der Waals surface area contributed by atoms with Crippen LogP contribution in [-0.2, 0) is 6.18 Å². The first-order valence-electron chi connectivity index (χ1n) is 9.07. The summed E-state index contributed by atoms with van der Waals surface area (Å²) in [6, 6.07) is 8.60. The van der Waals surface area contributed by atoms with Gasteiger partial charge in [0, 0.05) is 23.7 Å². The van der Waals surface area contributed by atoms with Gasteiger partial charge in [0.05, 0.1) is 11.6 Å². The van der Waals surface area contributed by atoms with Crippen LogP contribution in [0.4, 0.5) is 23.7 Å². The Labute approximate surface area is 167 Å². The third kappa shape index (κ3) is 4.46. The quantitative estimate of drug-likeness (QED) is 0.666. The largest absolute Gasteiger partial charge is 0.416 e. The van der Waals surface area contributed by atoms with Crippen molar-refractivity contribution in [3.8, 4) is 0 Å². The van der Waals surface area contributed by atoms with Gasteiger partial charge in [-0.3, -0.25) is 0 Å². The van der Waals surface area contributed by atoms with Gasteiger partial charge in [-0.2, -0.15) is 24.9 Å². The predicted molar refractivity (Wildman–Crippen MR) is 108 cm³/mol. The molecule has 2 aromatic carbocycles. The Kier molecular flexibility index (Phi) is 5.93. The van der Waals surface area contributed by atoms with Gasteiger partial charge in [-0.1, -0.05) is 29.8 Å². The third-order valence-corrected chi connectivity index (χ3v) is 5.92. The van der Waals surface area contributed by atoms with Crippen molar-refractivity contribution in [1.29, 1.82) is 0 Å². The van der Waals surface area contributed by atoms with E-state index < -0.39 is 17.8 Å². The van der Waals surface area contributed by atoms with Gasteiger partial charge >= 0.3 is 12.2 Å². The summed E-state index contributed by atoms with van der Waals surface area (Å²) in [5, 5.41) is 2.98. The first-order chi connectivity index (χ1) is 13.2. The topological polar surface area (TPSA) is 32.3 Å². The Hall–Kier alpha value is -2.15. The molecule has 3 rings (SSSR count). The van der Waals surface area contributed by atoms with Crippen LogP contribution < -0.4 is 5.32 Å². The molecule has 7 heteroatoms. The second-order valence-corrected chi connectivity index (χ2v) is 8.26. The number of nitrogens with one attached hydrogen (secondary N) is 1. The van der Waals surface area contributed by atoms with Crippen LogP contribution in [0, 0.1) is 20.8 Å². The molecular weight excluding hydrogens is 385 g/mol. The van der Waals surface area contributed by atoms with Crippen LogP contribution in [-0.4, -0.2) is 29.0 Å². The van der Waals surface area contributed by atoms with Crippen LogP contribution in [0.2, 0.25) is 0 Å². The standard InChI is InChI=1S/C21H23F3N2OS/c1-13-9-14(2)19(15(3)10-13)25-20(27)26-7-8-28-12-18(26)16-5-4-6-17(11-16)21(22,23)24/h4-6,9-11,18H,7-8,12H2,1-3H3,(H,25,27)/t18-/m1/s1. The molecule has 1 heterocycles. The normalized spacial score (nSPS) is 17.5. The number of hydrogen-bond acceptors (Lipinski definition) is 2. The minimum atomic E-state index is -4.40. The van der Waals surface area contributed by atoms with E-state index in [1.54, 1.807) is 22.7 Å². The zero-order chi connectivity index (χ0) is 20.5. The fourth-order valence-corrected chi connectivity index (χ4v) is 4.69. The Bertz CT molecular complexity index is 859. The molecule has 3 nitrogen and oxygen atoms in total. The summed E-state index contributed by atoms with van der Waals surface area (Å²) in [6.07, 6.45) is -4.40. The molecule has 0 spiro atoms. The lowest BCUT2D eigenvalue weighted by Gasteiger charge is -2.36. The SMILES string of the molecule is Cc1cc(C)c(NC(=O)N2CCSC[C@@H]2c2cccc(C(F)(F)F)c2)c(C)c1. The maximum Gasteiger partial charge on any atom is 0.416 e. The number of nitrogens with zero attached hydrogens (tertiary/aromatic N) is 1. The number of anilines is 1. The number of carbonyl (C=O) groups is 1. The number of urea groups is 1. The van der Waals surface area contributed by atoms with E-state index in [4.69, 9.17) is 0 Å². The molecule has 1 fully saturated rings. The first-order valence-corrected chi connectivity index (χ1v) is 10.2. The van der Waals surface area contributed by atoms with E-state index in [0.29, 0.717) is 17.9 Å². The fraction of sp³-hybridized carbons (Fsp3) is 0.381. The minimum absolute atomic E-state index is 0.280. The molecule has 1 N–H and O–H groups in total. The minimum Gasteiger partial charge on any atom is -0.316 e. The number of alkyl halides is 3. The number of aryl methyl sites for hydroxylation is 3. The van der Waals surface area contributed by atoms with Crippen LogP contribution >= 0.6 is 11.8 Å². The third-order valence-electron chi connectivity index (χ3n) is 4.90. The lowest BCUT2D eigenvalue weighted by atomic mass is 10.0. The van der Waals surface area contributed by atoms with Gasteiger partial charge in [-0.25, -0.2) is 4.79 Å². The summed E-state index contributed by atoms with van der Waals surface area (Å²) in [5.74, 6) is 1.33. The zero-order valence-corrected chi connectivity index (χ0v) is 16.9. The van der Waals surface area contributed by atoms with E-state index in [-0.39, 0.29) is 6.03 Å². The highest BCUT2D eigenvalue weighted by molar-refractivity contribution is 7.99. The van der Waals surface area contributed by atoms with E-state index in [1.807, 2.05) is 32.9 Å². The summed E-state index contributed by atoms with van der Waals surface area (Å²) in [4.78, 5) is 14.6. The number of rotatable bonds is 2. The number of halogens is 3. The summed E-state index contributed by atoms with van der Waals surface area (Å²) in [7, 11) is 0. The van der Waals surface area contributed by atoms with E-state index in [9.17, 15) is 18.0 Å². The Balaban J connectivity index is 1.87. The summed E-state index contributed by atoms with van der Waals surface area (Å²) in [6.45, 7) is 6.36. The lowest BCUT2D eigenvalue weighted by Crippen LogP contribution is -2.43. The van der Waals surface area contributed by atoms with Crippen LogP contribution in [0.5, 0.6) is 0 Å². The van der Waals surface area contributed by atoms with Crippen molar-refractivity contribution in [3.05, 3.63) is 64.2 Å². The molecule has 1 aliphatic rings. The van der Waals surface area contributed by atoms with Crippen molar-refractivity contribution in [2.24, 2.45) is 0 Å². The molecule has 0 aromatic heterocycles. The molecule has 0 bridgehead atoms. The zero-order valence-electron chi connectivity index (χ0n) is 16.1. The van der Waals surface area contributed by atoms with Gasteiger partial charge in [0.15, 0.2) is 0 Å². The number of hydrogen-bond donors (Lipinski definition) is 1. The monoisotopic (exact) mass is 408 g/mol. The van der Waals surface area contributed by atoms with Crippen molar-refractivity contribution in [1.82, 2.24) is 4.90 Å². The van der Waals surface area contributed by atoms with Crippen molar-refractivity contribution in [2.45, 2.75) is 33.0 Å². The average Bonchev–Trinajstić information content (AvgIpc) is 2.64. The number of amides is 2. The molecule has 0 saturated carbocycles. The Morgan fingerprint density at radius 3 is 2.46 bits per heavy atom. The summed E-state index contributed by atoms with van der Waals surface area (Å²) in [5.41, 5.74) is 3.63. The molecule has 2 aromatic rings. The second kappa shape index (κ2) is 8.07. The Morgan fingerprint density at radius 2 is 1.82 bits per heavy atom. The molecule has 0 radical (unpaired) electrons. The predicted octanol–water partition coefficient (Wildman–Crippen LogP) is 5.95. The van der Waals surface area contributed by atoms with Gasteiger partial charge in [-0.05, 0) is 49.6 Å². The molecule has 1 aliphatic heterocycles. The van der Waals surface area contributed by atoms with Crippen LogP contribution in [0.15, 0.2) is 36.4 Å². The van der Waals surface area contributed by atoms with Crippen molar-refractivity contribution >= 4 is 23.5 Å². The van der Waals surface area contributed by atoms with E-state index >= 15 is 0 Å². The highest BCUT2D eigenvalue weighted by atomic mass is 32.2. The van der Waals surface area contributed by atoms with E-state index in [2.05, 4.69) is 5.32 Å². The number of benzene rings is 2. The molecule has 1 saturated heterocycles. The highest BCUT2D eigenvalue weighted by Crippen LogP contribution is 2.35. The first kappa shape index (κ1) is 20.6. The number of carbonyl (C=O) groups excluding carboxylic acids is 1. The molecular formula is C21H23F3N2OS. The van der Waals surface area contributed by atoms with Gasteiger partial charge in [-0.15, -0.1) is 0 Å². The van der Waals surface area contributed by atoms with Gasteiger partial charge in [0.25, 0.3) is 0 Å². The molecule has 150 valence electrons. The lowest BCUT2D eigenvalue weighted by molar-refractivity contribution is -0.137. The van der Waals surface area contributed by atoms with Crippen LogP contribution in [0.1, 0.15) is 33.9 Å². The fourth-order valence-electron chi connectivity index (χ4n) is 3.60. The van der Waals surface area contributed by atoms with Crippen LogP contribution in [0.25, 0.3) is 0 Å².